The average Bonchev–Trinajstić information content (AvgIpc) is 1.79. The zero-order valence-corrected chi connectivity index (χ0v) is 8.51. The summed E-state index contributed by atoms with van der Waals surface area (Å²) in [5.74, 6) is -3.02. The monoisotopic (exact) mass is 208 g/mol. The van der Waals surface area contributed by atoms with Gasteiger partial charge < -0.3 is 0 Å². The fourth-order valence-corrected chi connectivity index (χ4v) is 1.11. The molecule has 0 aromatic heterocycles. The number of hydrogen-bond donors (Lipinski definition) is 1. The summed E-state index contributed by atoms with van der Waals surface area (Å²) in [7, 11) is -4.40. The van der Waals surface area contributed by atoms with E-state index in [0.29, 0.717) is 0 Å². The van der Waals surface area contributed by atoms with Gasteiger partial charge in [0.2, 0.25) is 11.6 Å². The lowest BCUT2D eigenvalue weighted by molar-refractivity contribution is -0.139. The smallest absolute Gasteiger partial charge is 0.272 e. The van der Waals surface area contributed by atoms with E-state index in [-0.39, 0.29) is 0 Å². The maximum Gasteiger partial charge on any atom is 0.272 e. The predicted octanol–water partition coefficient (Wildman–Crippen LogP) is 0.0585. The zero-order valence-electron chi connectivity index (χ0n) is 7.70. The first kappa shape index (κ1) is 12.2. The molecule has 0 atom stereocenters. The summed E-state index contributed by atoms with van der Waals surface area (Å²) in [6, 6.07) is 0. The Morgan fingerprint density at radius 3 is 1.85 bits per heavy atom. The molecule has 6 heteroatoms. The number of Topliss-reactive ketones (excluding diaryl/α,β-unsaturated/α-hetero) is 2. The minimum Gasteiger partial charge on any atom is -0.290 e. The van der Waals surface area contributed by atoms with Gasteiger partial charge in [-0.1, -0.05) is 20.8 Å². The molecule has 0 aromatic carbocycles. The third-order valence-corrected chi connectivity index (χ3v) is 1.87. The molecule has 0 fully saturated rings. The van der Waals surface area contributed by atoms with E-state index in [9.17, 15) is 18.0 Å². The van der Waals surface area contributed by atoms with Gasteiger partial charge in [0, 0.05) is 5.41 Å². The molecule has 0 spiro atoms. The van der Waals surface area contributed by atoms with Gasteiger partial charge >= 0.3 is 0 Å². The number of carbonyl (C=O) groups excluding carboxylic acids is 2. The van der Waals surface area contributed by atoms with Crippen molar-refractivity contribution >= 4 is 21.7 Å². The van der Waals surface area contributed by atoms with Crippen LogP contribution < -0.4 is 0 Å². The molecule has 0 saturated heterocycles. The highest BCUT2D eigenvalue weighted by Crippen LogP contribution is 2.15. The second-order valence-electron chi connectivity index (χ2n) is 3.73. The highest BCUT2D eigenvalue weighted by atomic mass is 32.2. The Labute approximate surface area is 76.9 Å². The Morgan fingerprint density at radius 2 is 1.62 bits per heavy atom. The molecule has 0 rings (SSSR count). The van der Waals surface area contributed by atoms with Crippen molar-refractivity contribution in [2.24, 2.45) is 5.41 Å². The molecule has 0 aliphatic heterocycles. The Kier molecular flexibility index (Phi) is 3.34. The van der Waals surface area contributed by atoms with Gasteiger partial charge in [0.1, 0.15) is 5.75 Å². The first-order chi connectivity index (χ1) is 5.54. The second kappa shape index (κ2) is 3.55. The molecule has 1 N–H and O–H groups in total. The van der Waals surface area contributed by atoms with Crippen molar-refractivity contribution in [3.8, 4) is 0 Å². The summed E-state index contributed by atoms with van der Waals surface area (Å²) in [4.78, 5) is 22.0. The Bertz CT molecular complexity index is 319. The van der Waals surface area contributed by atoms with E-state index in [1.807, 2.05) is 0 Å². The molecular formula is C7H12O5S. The predicted molar refractivity (Wildman–Crippen MR) is 45.9 cm³/mol. The maximum atomic E-state index is 11.1. The lowest BCUT2D eigenvalue weighted by atomic mass is 9.89. The van der Waals surface area contributed by atoms with E-state index in [0.717, 1.165) is 0 Å². The summed E-state index contributed by atoms with van der Waals surface area (Å²) < 4.78 is 28.8. The third kappa shape index (κ3) is 4.74. The van der Waals surface area contributed by atoms with E-state index in [4.69, 9.17) is 4.55 Å². The molecule has 0 radical (unpaired) electrons. The van der Waals surface area contributed by atoms with Gasteiger partial charge in [0.05, 0.1) is 0 Å². The van der Waals surface area contributed by atoms with Gasteiger partial charge in [-0.15, -0.1) is 0 Å². The van der Waals surface area contributed by atoms with E-state index < -0.39 is 32.9 Å². The fraction of sp³-hybridized carbons (Fsp3) is 0.714. The van der Waals surface area contributed by atoms with Crippen LogP contribution in [0.3, 0.4) is 0 Å². The van der Waals surface area contributed by atoms with Crippen LogP contribution >= 0.6 is 0 Å². The van der Waals surface area contributed by atoms with Crippen molar-refractivity contribution in [1.29, 1.82) is 0 Å². The van der Waals surface area contributed by atoms with E-state index in [1.165, 1.54) is 20.8 Å². The summed E-state index contributed by atoms with van der Waals surface area (Å²) in [5.41, 5.74) is -0.915. The van der Waals surface area contributed by atoms with Crippen molar-refractivity contribution in [2.45, 2.75) is 20.8 Å². The molecular weight excluding hydrogens is 196 g/mol. The van der Waals surface area contributed by atoms with Crippen LogP contribution in [0.4, 0.5) is 0 Å². The molecule has 0 aromatic rings. The van der Waals surface area contributed by atoms with Crippen LogP contribution in [0.15, 0.2) is 0 Å². The molecule has 0 bridgehead atoms. The number of carbonyl (C=O) groups is 2. The van der Waals surface area contributed by atoms with Gasteiger partial charge in [0.15, 0.2) is 0 Å². The largest absolute Gasteiger partial charge is 0.290 e. The molecule has 0 aliphatic carbocycles. The molecule has 0 saturated carbocycles. The zero-order chi connectivity index (χ0) is 10.9. The van der Waals surface area contributed by atoms with Crippen molar-refractivity contribution in [2.75, 3.05) is 5.75 Å². The Hall–Kier alpha value is -0.750. The van der Waals surface area contributed by atoms with E-state index in [1.54, 1.807) is 0 Å². The highest BCUT2D eigenvalue weighted by molar-refractivity contribution is 7.86. The van der Waals surface area contributed by atoms with Crippen LogP contribution in [0.25, 0.3) is 0 Å². The van der Waals surface area contributed by atoms with Crippen molar-refractivity contribution in [3.05, 3.63) is 0 Å². The van der Waals surface area contributed by atoms with Crippen molar-refractivity contribution in [3.63, 3.8) is 0 Å². The number of ketones is 2. The van der Waals surface area contributed by atoms with Gasteiger partial charge in [-0.25, -0.2) is 0 Å². The van der Waals surface area contributed by atoms with Crippen LogP contribution in [0, 0.1) is 5.41 Å². The highest BCUT2D eigenvalue weighted by Gasteiger charge is 2.30. The summed E-state index contributed by atoms with van der Waals surface area (Å²) in [6.07, 6.45) is 0. The standard InChI is InChI=1S/C7H12O5S/c1-7(2,3)6(9)5(8)4-13(10,11)12/h4H2,1-3H3,(H,10,11,12). The molecule has 76 valence electrons. The van der Waals surface area contributed by atoms with Crippen LogP contribution in [-0.2, 0) is 19.7 Å². The first-order valence-electron chi connectivity index (χ1n) is 3.57. The fourth-order valence-electron chi connectivity index (χ4n) is 0.649. The Morgan fingerprint density at radius 1 is 1.23 bits per heavy atom. The summed E-state index contributed by atoms with van der Waals surface area (Å²) in [5, 5.41) is 0. The molecule has 5 nitrogen and oxygen atoms in total. The van der Waals surface area contributed by atoms with Crippen LogP contribution in [-0.4, -0.2) is 30.3 Å². The summed E-state index contributed by atoms with van der Waals surface area (Å²) >= 11 is 0. The van der Waals surface area contributed by atoms with Gasteiger partial charge in [0.25, 0.3) is 10.1 Å². The van der Waals surface area contributed by atoms with E-state index in [2.05, 4.69) is 0 Å². The average molecular weight is 208 g/mol. The molecule has 0 heterocycles. The minimum absolute atomic E-state index is 0.801. The van der Waals surface area contributed by atoms with Crippen LogP contribution in [0.2, 0.25) is 0 Å². The second-order valence-corrected chi connectivity index (χ2v) is 5.18. The maximum absolute atomic E-state index is 11.1. The molecule has 13 heavy (non-hydrogen) atoms. The van der Waals surface area contributed by atoms with Crippen molar-refractivity contribution < 1.29 is 22.6 Å². The molecule has 0 amide bonds. The van der Waals surface area contributed by atoms with Crippen molar-refractivity contribution in [1.82, 2.24) is 0 Å². The third-order valence-electron chi connectivity index (χ3n) is 1.25. The van der Waals surface area contributed by atoms with E-state index >= 15 is 0 Å². The normalized spacial score (nSPS) is 12.6. The van der Waals surface area contributed by atoms with Gasteiger partial charge in [-0.2, -0.15) is 8.42 Å². The molecule has 0 unspecified atom stereocenters. The quantitative estimate of drug-likeness (QED) is 0.523. The number of hydrogen-bond acceptors (Lipinski definition) is 4. The lowest BCUT2D eigenvalue weighted by Gasteiger charge is -2.14. The summed E-state index contributed by atoms with van der Waals surface area (Å²) in [6.45, 7) is 4.49. The minimum atomic E-state index is -4.40. The SMILES string of the molecule is CC(C)(C)C(=O)C(=O)CS(=O)(=O)O. The lowest BCUT2D eigenvalue weighted by Crippen LogP contribution is -2.32. The van der Waals surface area contributed by atoms with Crippen LogP contribution in [0.1, 0.15) is 20.8 Å². The number of rotatable bonds is 3. The Balaban J connectivity index is 4.58. The van der Waals surface area contributed by atoms with Gasteiger partial charge in [-0.3, -0.25) is 14.1 Å². The topological polar surface area (TPSA) is 88.5 Å². The van der Waals surface area contributed by atoms with Crippen LogP contribution in [0.5, 0.6) is 0 Å². The van der Waals surface area contributed by atoms with Gasteiger partial charge in [-0.05, 0) is 0 Å². The first-order valence-corrected chi connectivity index (χ1v) is 5.18. The molecule has 0 aliphatic rings.